The predicted octanol–water partition coefficient (Wildman–Crippen LogP) is 9.12. The second kappa shape index (κ2) is 15.0. The van der Waals surface area contributed by atoms with E-state index >= 15 is 0 Å². The van der Waals surface area contributed by atoms with Gasteiger partial charge in [0, 0.05) is 58.5 Å². The van der Waals surface area contributed by atoms with Crippen molar-refractivity contribution in [3.8, 4) is 22.5 Å². The van der Waals surface area contributed by atoms with Crippen LogP contribution in [-0.2, 0) is 17.8 Å². The normalized spacial score (nSPS) is 11.3. The van der Waals surface area contributed by atoms with E-state index in [1.807, 2.05) is 43.3 Å². The number of aryl methyl sites for hydroxylation is 1. The number of para-hydroxylation sites is 2. The summed E-state index contributed by atoms with van der Waals surface area (Å²) in [6, 6.07) is 27.9. The van der Waals surface area contributed by atoms with E-state index < -0.39 is 17.4 Å². The van der Waals surface area contributed by atoms with E-state index in [0.29, 0.717) is 67.0 Å². The van der Waals surface area contributed by atoms with E-state index in [1.165, 1.54) is 20.1 Å². The van der Waals surface area contributed by atoms with Crippen molar-refractivity contribution in [1.82, 2.24) is 9.97 Å². The zero-order valence-electron chi connectivity index (χ0n) is 31.4. The third kappa shape index (κ3) is 6.69. The highest BCUT2D eigenvalue weighted by Crippen LogP contribution is 2.45. The lowest BCUT2D eigenvalue weighted by Crippen LogP contribution is -2.17. The Morgan fingerprint density at radius 3 is 2.09 bits per heavy atom. The third-order valence-corrected chi connectivity index (χ3v) is 10.4. The Morgan fingerprint density at radius 1 is 0.810 bits per heavy atom. The number of ether oxygens (including phenoxy) is 1. The summed E-state index contributed by atoms with van der Waals surface area (Å²) >= 11 is 6.72. The number of anilines is 3. The van der Waals surface area contributed by atoms with E-state index in [2.05, 4.69) is 20.6 Å². The number of halogens is 1. The summed E-state index contributed by atoms with van der Waals surface area (Å²) < 4.78 is 11.7. The molecule has 6 aromatic rings. The van der Waals surface area contributed by atoms with E-state index in [9.17, 15) is 24.3 Å². The minimum absolute atomic E-state index is 0.0317. The molecule has 0 spiro atoms. The molecule has 2 aromatic heterocycles. The third-order valence-electron chi connectivity index (χ3n) is 10.1. The lowest BCUT2D eigenvalue weighted by atomic mass is 9.87. The molecule has 0 saturated heterocycles. The number of carboxylic acid groups (broad SMARTS) is 1. The number of nitrogens with zero attached hydrogens (tertiary/aromatic N) is 2. The number of nitrogens with two attached hydrogens (primary N) is 1. The number of fused-ring (bicyclic) bond motifs is 4. The lowest BCUT2D eigenvalue weighted by Gasteiger charge is -2.22. The molecule has 0 radical (unpaired) electrons. The number of benzene rings is 5. The van der Waals surface area contributed by atoms with Crippen molar-refractivity contribution in [1.29, 1.82) is 0 Å². The Morgan fingerprint density at radius 2 is 1.45 bits per heavy atom. The van der Waals surface area contributed by atoms with Crippen LogP contribution in [0.15, 0.2) is 106 Å². The number of methoxy groups -OCH3 is 1. The first kappa shape index (κ1) is 37.6. The summed E-state index contributed by atoms with van der Waals surface area (Å²) in [4.78, 5) is 60.5. The standard InChI is InChI=1S/C45H34ClN5O7/c1-22-10-13-26(44(54)55)28(18-22)38-27-14-15-33(47)30(20-48-35-8-4-6-24-11-16-34(23(2)52)50-39(24)35)42(27)58-43-29(38)19-32(46)41(53)31(43)21-49-36-9-5-7-25-12-17-37(45(56)57-3)51-40(25)36/h4-19,48-49H,20-21,47H2,1-3H3,(H,54,55). The van der Waals surface area contributed by atoms with Gasteiger partial charge in [0.25, 0.3) is 0 Å². The van der Waals surface area contributed by atoms with Gasteiger partial charge in [0.2, 0.25) is 5.43 Å². The highest BCUT2D eigenvalue weighted by atomic mass is 35.5. The Labute approximate surface area is 335 Å². The zero-order valence-corrected chi connectivity index (χ0v) is 32.2. The van der Waals surface area contributed by atoms with Gasteiger partial charge in [0.1, 0.15) is 22.7 Å². The number of nitrogens with one attached hydrogen (secondary N) is 2. The SMILES string of the molecule is COC(=O)c1ccc2cccc(NCc3c4oc5c(CNc6cccc7ccc(C(C)=O)nc67)c(N)ccc5c(-c5cc(C)ccc5C(=O)O)c-4cc(Cl)c3=O)c2n1. The number of pyridine rings is 2. The Bertz CT molecular complexity index is 3050. The molecule has 0 saturated carbocycles. The molecule has 58 heavy (non-hydrogen) atoms. The van der Waals surface area contributed by atoms with Crippen LogP contribution < -0.4 is 21.8 Å². The Kier molecular flexibility index (Phi) is 9.71. The molecule has 288 valence electrons. The van der Waals surface area contributed by atoms with Gasteiger partial charge in [0.05, 0.1) is 45.7 Å². The maximum absolute atomic E-state index is 14.1. The van der Waals surface area contributed by atoms with Crippen LogP contribution in [0, 0.1) is 6.92 Å². The van der Waals surface area contributed by atoms with Gasteiger partial charge in [-0.15, -0.1) is 0 Å². The second-order valence-electron chi connectivity index (χ2n) is 13.8. The number of esters is 1. The van der Waals surface area contributed by atoms with E-state index in [-0.39, 0.29) is 46.5 Å². The summed E-state index contributed by atoms with van der Waals surface area (Å²) in [5, 5.41) is 19.1. The van der Waals surface area contributed by atoms with Gasteiger partial charge in [0.15, 0.2) is 5.78 Å². The molecule has 1 aliphatic carbocycles. The van der Waals surface area contributed by atoms with Crippen molar-refractivity contribution >= 4 is 79.2 Å². The van der Waals surface area contributed by atoms with Gasteiger partial charge in [-0.2, -0.15) is 0 Å². The summed E-state index contributed by atoms with van der Waals surface area (Å²) in [5.41, 5.74) is 12.3. The molecule has 0 fully saturated rings. The number of ketones is 1. The quantitative estimate of drug-likeness (QED) is 0.0446. The number of aromatic nitrogens is 2. The Hall–Kier alpha value is -7.31. The van der Waals surface area contributed by atoms with Crippen LogP contribution in [0.1, 0.15) is 54.9 Å². The van der Waals surface area contributed by atoms with Crippen LogP contribution >= 0.6 is 11.6 Å². The number of Topliss-reactive ketones (excluding diaryl/α,β-unsaturated/α-hetero) is 1. The second-order valence-corrected chi connectivity index (χ2v) is 14.2. The number of carbonyl (C=O) groups is 3. The highest BCUT2D eigenvalue weighted by Gasteiger charge is 2.28. The molecule has 0 bridgehead atoms. The Balaban J connectivity index is 1.34. The van der Waals surface area contributed by atoms with Crippen LogP contribution in [0.4, 0.5) is 17.1 Å². The molecule has 0 amide bonds. The number of hydrogen-bond acceptors (Lipinski definition) is 11. The minimum atomic E-state index is -1.15. The molecule has 0 atom stereocenters. The smallest absolute Gasteiger partial charge is 0.356 e. The number of hydrogen-bond donors (Lipinski definition) is 4. The topological polar surface area (TPSA) is 187 Å². The number of carboxylic acids is 1. The van der Waals surface area contributed by atoms with E-state index in [0.717, 1.165) is 16.3 Å². The van der Waals surface area contributed by atoms with Crippen molar-refractivity contribution in [3.63, 3.8) is 0 Å². The van der Waals surface area contributed by atoms with Crippen LogP contribution in [0.5, 0.6) is 0 Å². The van der Waals surface area contributed by atoms with Gasteiger partial charge in [-0.3, -0.25) is 9.59 Å². The van der Waals surface area contributed by atoms with Crippen molar-refractivity contribution < 1.29 is 28.6 Å². The van der Waals surface area contributed by atoms with Crippen molar-refractivity contribution in [3.05, 3.63) is 146 Å². The molecule has 0 unspecified atom stereocenters. The average Bonchev–Trinajstić information content (AvgIpc) is 3.22. The summed E-state index contributed by atoms with van der Waals surface area (Å²) in [7, 11) is 1.27. The molecule has 8 rings (SSSR count). The first-order valence-electron chi connectivity index (χ1n) is 18.1. The predicted molar refractivity (Wildman–Crippen MR) is 225 cm³/mol. The van der Waals surface area contributed by atoms with Crippen LogP contribution in [-0.4, -0.2) is 39.9 Å². The molecule has 5 N–H and O–H groups in total. The summed E-state index contributed by atoms with van der Waals surface area (Å²) in [5.74, 6) is -1.76. The zero-order chi connectivity index (χ0) is 40.8. The maximum Gasteiger partial charge on any atom is 0.356 e. The molecular formula is C45H34ClN5O7. The minimum Gasteiger partial charge on any atom is -0.478 e. The van der Waals surface area contributed by atoms with Crippen LogP contribution in [0.2, 0.25) is 5.02 Å². The lowest BCUT2D eigenvalue weighted by molar-refractivity contribution is 0.0593. The number of nitrogen functional groups attached to an aromatic ring is 1. The van der Waals surface area contributed by atoms with Crippen molar-refractivity contribution in [2.24, 2.45) is 0 Å². The molecule has 3 heterocycles. The monoisotopic (exact) mass is 791 g/mol. The van der Waals surface area contributed by atoms with Gasteiger partial charge in [-0.1, -0.05) is 65.7 Å². The number of rotatable bonds is 10. The fourth-order valence-electron chi connectivity index (χ4n) is 7.22. The highest BCUT2D eigenvalue weighted by molar-refractivity contribution is 6.31. The number of carbonyl (C=O) groups excluding carboxylic acids is 2. The first-order valence-corrected chi connectivity index (χ1v) is 18.5. The fraction of sp³-hybridized carbons (Fsp3) is 0.111. The molecule has 12 nitrogen and oxygen atoms in total. The van der Waals surface area contributed by atoms with Crippen molar-refractivity contribution in [2.75, 3.05) is 23.5 Å². The van der Waals surface area contributed by atoms with Crippen LogP contribution in [0.3, 0.4) is 0 Å². The molecule has 1 aliphatic heterocycles. The molecule has 4 aromatic carbocycles. The van der Waals surface area contributed by atoms with E-state index in [4.69, 9.17) is 26.5 Å². The van der Waals surface area contributed by atoms with Crippen molar-refractivity contribution in [2.45, 2.75) is 26.9 Å². The molecule has 2 aliphatic rings. The van der Waals surface area contributed by atoms with Gasteiger partial charge >= 0.3 is 11.9 Å². The summed E-state index contributed by atoms with van der Waals surface area (Å²) in [6.07, 6.45) is 0. The summed E-state index contributed by atoms with van der Waals surface area (Å²) in [6.45, 7) is 3.34. The first-order chi connectivity index (χ1) is 27.9. The molecular weight excluding hydrogens is 758 g/mol. The van der Waals surface area contributed by atoms with Crippen LogP contribution in [0.25, 0.3) is 55.2 Å². The fourth-order valence-corrected chi connectivity index (χ4v) is 7.44. The van der Waals surface area contributed by atoms with E-state index in [1.54, 1.807) is 54.6 Å². The van der Waals surface area contributed by atoms with Gasteiger partial charge in [-0.25, -0.2) is 19.6 Å². The maximum atomic E-state index is 14.1. The number of aromatic carboxylic acids is 1. The van der Waals surface area contributed by atoms with Gasteiger partial charge < -0.3 is 30.6 Å². The largest absolute Gasteiger partial charge is 0.478 e. The van der Waals surface area contributed by atoms with Gasteiger partial charge in [-0.05, 0) is 61.0 Å². The molecule has 13 heteroatoms. The average molecular weight is 792 g/mol.